The lowest BCUT2D eigenvalue weighted by Crippen LogP contribution is -2.37. The number of halogens is 1. The number of hydrogen-bond donors (Lipinski definition) is 2. The van der Waals surface area contributed by atoms with Crippen molar-refractivity contribution in [1.82, 2.24) is 10.6 Å². The van der Waals surface area contributed by atoms with Crippen LogP contribution < -0.4 is 10.6 Å². The van der Waals surface area contributed by atoms with Crippen LogP contribution in [0, 0.1) is 13.8 Å². The van der Waals surface area contributed by atoms with Crippen molar-refractivity contribution in [2.75, 3.05) is 13.1 Å². The molecule has 0 bridgehead atoms. The Balaban J connectivity index is 0.00000242. The minimum atomic E-state index is 0. The van der Waals surface area contributed by atoms with Crippen LogP contribution in [-0.4, -0.2) is 25.0 Å². The van der Waals surface area contributed by atoms with E-state index in [-0.39, 0.29) is 18.3 Å². The maximum Gasteiger partial charge on any atom is 0.251 e. The van der Waals surface area contributed by atoms with Crippen LogP contribution in [0.3, 0.4) is 0 Å². The van der Waals surface area contributed by atoms with Crippen molar-refractivity contribution in [1.29, 1.82) is 0 Å². The molecule has 0 aliphatic heterocycles. The summed E-state index contributed by atoms with van der Waals surface area (Å²) in [5.41, 5.74) is 2.96. The van der Waals surface area contributed by atoms with Gasteiger partial charge in [-0.1, -0.05) is 43.4 Å². The van der Waals surface area contributed by atoms with Crippen LogP contribution in [0.5, 0.6) is 0 Å². The van der Waals surface area contributed by atoms with Crippen LogP contribution in [-0.2, 0) is 0 Å². The van der Waals surface area contributed by atoms with Crippen LogP contribution >= 0.6 is 12.4 Å². The largest absolute Gasteiger partial charge is 0.351 e. The first-order valence-corrected chi connectivity index (χ1v) is 8.25. The molecule has 1 aromatic rings. The Bertz CT molecular complexity index is 468. The van der Waals surface area contributed by atoms with Crippen molar-refractivity contribution in [3.63, 3.8) is 0 Å². The number of hydrogen-bond acceptors (Lipinski definition) is 2. The lowest BCUT2D eigenvalue weighted by molar-refractivity contribution is 0.0953. The SMILES string of the molecule is Cc1ccc(C)c(C(=O)NCCNC2CCCCCC2)c1.Cl. The van der Waals surface area contributed by atoms with Gasteiger partial charge < -0.3 is 10.6 Å². The van der Waals surface area contributed by atoms with E-state index in [1.807, 2.05) is 32.0 Å². The molecule has 1 aliphatic rings. The van der Waals surface area contributed by atoms with E-state index in [1.54, 1.807) is 0 Å². The first kappa shape index (κ1) is 19.0. The standard InChI is InChI=1S/C18H28N2O.ClH/c1-14-9-10-15(2)17(13-14)18(21)20-12-11-19-16-7-5-3-4-6-8-16;/h9-10,13,16,19H,3-8,11-12H2,1-2H3,(H,20,21);1H. The van der Waals surface area contributed by atoms with Gasteiger partial charge in [0.05, 0.1) is 0 Å². The summed E-state index contributed by atoms with van der Waals surface area (Å²) < 4.78 is 0. The van der Waals surface area contributed by atoms with E-state index in [4.69, 9.17) is 0 Å². The molecule has 0 unspecified atom stereocenters. The van der Waals surface area contributed by atoms with Gasteiger partial charge in [-0.15, -0.1) is 12.4 Å². The first-order chi connectivity index (χ1) is 10.2. The van der Waals surface area contributed by atoms with Crippen LogP contribution in [0.25, 0.3) is 0 Å². The zero-order chi connectivity index (χ0) is 15.1. The Labute approximate surface area is 140 Å². The summed E-state index contributed by atoms with van der Waals surface area (Å²) in [6, 6.07) is 6.65. The number of amides is 1. The molecule has 1 aromatic carbocycles. The average Bonchev–Trinajstić information content (AvgIpc) is 2.74. The van der Waals surface area contributed by atoms with Gasteiger partial charge in [0.2, 0.25) is 0 Å². The van der Waals surface area contributed by atoms with E-state index in [1.165, 1.54) is 38.5 Å². The molecular formula is C18H29ClN2O. The molecule has 1 amide bonds. The molecule has 0 spiro atoms. The summed E-state index contributed by atoms with van der Waals surface area (Å²) in [6.07, 6.45) is 8.00. The highest BCUT2D eigenvalue weighted by Crippen LogP contribution is 2.16. The molecule has 0 aromatic heterocycles. The minimum Gasteiger partial charge on any atom is -0.351 e. The Hall–Kier alpha value is -1.06. The van der Waals surface area contributed by atoms with Gasteiger partial charge in [0, 0.05) is 24.7 Å². The molecule has 22 heavy (non-hydrogen) atoms. The molecular weight excluding hydrogens is 296 g/mol. The summed E-state index contributed by atoms with van der Waals surface area (Å²) in [5, 5.41) is 6.60. The number of rotatable bonds is 5. The normalized spacial score (nSPS) is 15.7. The van der Waals surface area contributed by atoms with Gasteiger partial charge in [-0.25, -0.2) is 0 Å². The maximum atomic E-state index is 12.2. The number of aryl methyl sites for hydroxylation is 2. The van der Waals surface area contributed by atoms with E-state index in [0.29, 0.717) is 12.6 Å². The van der Waals surface area contributed by atoms with E-state index in [2.05, 4.69) is 10.6 Å². The summed E-state index contributed by atoms with van der Waals surface area (Å²) in [4.78, 5) is 12.2. The third kappa shape index (κ3) is 5.98. The Kier molecular flexibility index (Phi) is 8.51. The van der Waals surface area contributed by atoms with Gasteiger partial charge in [0.1, 0.15) is 0 Å². The number of nitrogens with one attached hydrogen (secondary N) is 2. The number of benzene rings is 1. The third-order valence-electron chi connectivity index (χ3n) is 4.34. The highest BCUT2D eigenvalue weighted by molar-refractivity contribution is 5.95. The van der Waals surface area contributed by atoms with Crippen molar-refractivity contribution in [3.05, 3.63) is 34.9 Å². The molecule has 124 valence electrons. The molecule has 3 nitrogen and oxygen atoms in total. The van der Waals surface area contributed by atoms with Gasteiger partial charge >= 0.3 is 0 Å². The highest BCUT2D eigenvalue weighted by atomic mass is 35.5. The Morgan fingerprint density at radius 1 is 1.09 bits per heavy atom. The zero-order valence-corrected chi connectivity index (χ0v) is 14.6. The highest BCUT2D eigenvalue weighted by Gasteiger charge is 2.12. The Morgan fingerprint density at radius 3 is 2.45 bits per heavy atom. The summed E-state index contributed by atoms with van der Waals surface area (Å²) in [7, 11) is 0. The molecule has 1 saturated carbocycles. The second kappa shape index (κ2) is 9.86. The Morgan fingerprint density at radius 2 is 1.77 bits per heavy atom. The molecule has 0 heterocycles. The summed E-state index contributed by atoms with van der Waals surface area (Å²) in [6.45, 7) is 5.56. The minimum absolute atomic E-state index is 0. The van der Waals surface area contributed by atoms with Crippen LogP contribution in [0.2, 0.25) is 0 Å². The lowest BCUT2D eigenvalue weighted by Gasteiger charge is -2.16. The molecule has 1 fully saturated rings. The van der Waals surface area contributed by atoms with Gasteiger partial charge in [-0.3, -0.25) is 4.79 Å². The monoisotopic (exact) mass is 324 g/mol. The van der Waals surface area contributed by atoms with Crippen molar-refractivity contribution in [3.8, 4) is 0 Å². The fourth-order valence-corrected chi connectivity index (χ4v) is 3.01. The van der Waals surface area contributed by atoms with E-state index >= 15 is 0 Å². The van der Waals surface area contributed by atoms with Crippen molar-refractivity contribution < 1.29 is 4.79 Å². The average molecular weight is 325 g/mol. The maximum absolute atomic E-state index is 12.2. The fourth-order valence-electron chi connectivity index (χ4n) is 3.01. The summed E-state index contributed by atoms with van der Waals surface area (Å²) >= 11 is 0. The third-order valence-corrected chi connectivity index (χ3v) is 4.34. The molecule has 2 N–H and O–H groups in total. The van der Waals surface area contributed by atoms with Crippen LogP contribution in [0.15, 0.2) is 18.2 Å². The van der Waals surface area contributed by atoms with Gasteiger partial charge in [-0.2, -0.15) is 0 Å². The number of carbonyl (C=O) groups excluding carboxylic acids is 1. The first-order valence-electron chi connectivity index (χ1n) is 8.25. The molecule has 1 aliphatic carbocycles. The summed E-state index contributed by atoms with van der Waals surface area (Å²) in [5.74, 6) is 0.0406. The second-order valence-electron chi connectivity index (χ2n) is 6.22. The number of carbonyl (C=O) groups is 1. The smallest absolute Gasteiger partial charge is 0.251 e. The second-order valence-corrected chi connectivity index (χ2v) is 6.22. The van der Waals surface area contributed by atoms with E-state index < -0.39 is 0 Å². The molecule has 2 rings (SSSR count). The molecule has 4 heteroatoms. The van der Waals surface area contributed by atoms with Crippen molar-refractivity contribution >= 4 is 18.3 Å². The van der Waals surface area contributed by atoms with Gasteiger partial charge in [-0.05, 0) is 38.3 Å². The molecule has 0 saturated heterocycles. The zero-order valence-electron chi connectivity index (χ0n) is 13.8. The van der Waals surface area contributed by atoms with Crippen molar-refractivity contribution in [2.24, 2.45) is 0 Å². The van der Waals surface area contributed by atoms with Crippen molar-refractivity contribution in [2.45, 2.75) is 58.4 Å². The van der Waals surface area contributed by atoms with Crippen LogP contribution in [0.1, 0.15) is 60.0 Å². The van der Waals surface area contributed by atoms with E-state index in [9.17, 15) is 4.79 Å². The van der Waals surface area contributed by atoms with Gasteiger partial charge in [0.15, 0.2) is 0 Å². The quantitative estimate of drug-likeness (QED) is 0.639. The predicted octanol–water partition coefficient (Wildman–Crippen LogP) is 3.77. The van der Waals surface area contributed by atoms with Crippen LogP contribution in [0.4, 0.5) is 0 Å². The molecule has 0 atom stereocenters. The topological polar surface area (TPSA) is 41.1 Å². The predicted molar refractivity (Wildman–Crippen MR) is 95.0 cm³/mol. The lowest BCUT2D eigenvalue weighted by atomic mass is 10.1. The fraction of sp³-hybridized carbons (Fsp3) is 0.611. The van der Waals surface area contributed by atoms with E-state index in [0.717, 1.165) is 23.2 Å². The van der Waals surface area contributed by atoms with Gasteiger partial charge in [0.25, 0.3) is 5.91 Å². The molecule has 0 radical (unpaired) electrons.